The molecule has 0 bridgehead atoms. The number of hydrogen-bond donors (Lipinski definition) is 3. The van der Waals surface area contributed by atoms with Crippen molar-refractivity contribution in [2.45, 2.75) is 43.5 Å². The molecule has 2 rings (SSSR count). The number of sulfonamides is 1. The van der Waals surface area contributed by atoms with Crippen LogP contribution in [0.4, 0.5) is 5.69 Å². The Kier molecular flexibility index (Phi) is 3.59. The molecule has 0 aliphatic heterocycles. The van der Waals surface area contributed by atoms with Gasteiger partial charge in [0.05, 0.1) is 17.0 Å². The Morgan fingerprint density at radius 1 is 1.37 bits per heavy atom. The number of aryl methyl sites for hydroxylation is 1. The van der Waals surface area contributed by atoms with E-state index in [1.54, 1.807) is 13.0 Å². The molecule has 0 unspecified atom stereocenters. The first-order chi connectivity index (χ1) is 8.80. The van der Waals surface area contributed by atoms with Crippen LogP contribution in [0.2, 0.25) is 0 Å². The summed E-state index contributed by atoms with van der Waals surface area (Å²) in [6.07, 6.45) is 2.27. The van der Waals surface area contributed by atoms with E-state index >= 15 is 0 Å². The third-order valence-corrected chi connectivity index (χ3v) is 5.60. The molecule has 6 heteroatoms. The summed E-state index contributed by atoms with van der Waals surface area (Å²) < 4.78 is 27.5. The molecule has 1 aromatic carbocycles. The summed E-state index contributed by atoms with van der Waals surface area (Å²) in [7, 11) is -3.66. The van der Waals surface area contributed by atoms with Crippen molar-refractivity contribution in [1.29, 1.82) is 0 Å². The van der Waals surface area contributed by atoms with Crippen LogP contribution in [0.1, 0.15) is 30.4 Å². The van der Waals surface area contributed by atoms with Gasteiger partial charge in [-0.3, -0.25) is 0 Å². The molecule has 0 atom stereocenters. The number of aliphatic hydroxyl groups is 1. The highest BCUT2D eigenvalue weighted by molar-refractivity contribution is 7.89. The second kappa shape index (κ2) is 4.77. The van der Waals surface area contributed by atoms with Gasteiger partial charge in [-0.2, -0.15) is 0 Å². The van der Waals surface area contributed by atoms with Gasteiger partial charge in [-0.15, -0.1) is 0 Å². The molecule has 1 saturated carbocycles. The Morgan fingerprint density at radius 2 is 2.00 bits per heavy atom. The molecule has 0 amide bonds. The van der Waals surface area contributed by atoms with Crippen molar-refractivity contribution in [2.24, 2.45) is 0 Å². The fraction of sp³-hybridized carbons (Fsp3) is 0.538. The van der Waals surface area contributed by atoms with Crippen molar-refractivity contribution >= 4 is 15.7 Å². The number of nitrogens with two attached hydrogens (primary N) is 1. The summed E-state index contributed by atoms with van der Waals surface area (Å²) in [4.78, 5) is 0.199. The third-order valence-electron chi connectivity index (χ3n) is 3.90. The van der Waals surface area contributed by atoms with Gasteiger partial charge in [0.2, 0.25) is 10.0 Å². The SMILES string of the molecule is Cc1cc(N)cc(S(=O)(=O)NC2(CO)CCC2)c1C. The first-order valence-electron chi connectivity index (χ1n) is 6.31. The lowest BCUT2D eigenvalue weighted by atomic mass is 9.78. The van der Waals surface area contributed by atoms with Crippen LogP contribution in [0.5, 0.6) is 0 Å². The molecule has 0 aromatic heterocycles. The largest absolute Gasteiger partial charge is 0.399 e. The van der Waals surface area contributed by atoms with Gasteiger partial charge in [-0.25, -0.2) is 13.1 Å². The molecule has 1 aliphatic rings. The minimum absolute atomic E-state index is 0.174. The van der Waals surface area contributed by atoms with Gasteiger partial charge in [-0.05, 0) is 56.4 Å². The van der Waals surface area contributed by atoms with Gasteiger partial charge in [0, 0.05) is 5.69 Å². The van der Waals surface area contributed by atoms with Crippen LogP contribution in [0.25, 0.3) is 0 Å². The number of nitrogens with one attached hydrogen (secondary N) is 1. The quantitative estimate of drug-likeness (QED) is 0.721. The lowest BCUT2D eigenvalue weighted by Crippen LogP contribution is -2.56. The summed E-state index contributed by atoms with van der Waals surface area (Å²) in [6.45, 7) is 3.41. The van der Waals surface area contributed by atoms with Crippen LogP contribution < -0.4 is 10.5 Å². The lowest BCUT2D eigenvalue weighted by Gasteiger charge is -2.40. The van der Waals surface area contributed by atoms with Crippen LogP contribution in [0.3, 0.4) is 0 Å². The Labute approximate surface area is 113 Å². The van der Waals surface area contributed by atoms with E-state index in [9.17, 15) is 13.5 Å². The highest BCUT2D eigenvalue weighted by atomic mass is 32.2. The minimum atomic E-state index is -3.66. The predicted octanol–water partition coefficient (Wildman–Crippen LogP) is 1.08. The number of nitrogen functional groups attached to an aromatic ring is 1. The first-order valence-corrected chi connectivity index (χ1v) is 7.80. The van der Waals surface area contributed by atoms with Gasteiger partial charge in [0.1, 0.15) is 0 Å². The monoisotopic (exact) mass is 284 g/mol. The number of hydrogen-bond acceptors (Lipinski definition) is 4. The van der Waals surface area contributed by atoms with E-state index in [4.69, 9.17) is 5.73 Å². The number of rotatable bonds is 4. The number of aliphatic hydroxyl groups excluding tert-OH is 1. The van der Waals surface area contributed by atoms with Gasteiger partial charge in [0.15, 0.2) is 0 Å². The zero-order valence-electron chi connectivity index (χ0n) is 11.2. The van der Waals surface area contributed by atoms with Crippen molar-refractivity contribution in [3.8, 4) is 0 Å². The highest BCUT2D eigenvalue weighted by Gasteiger charge is 2.40. The van der Waals surface area contributed by atoms with Crippen LogP contribution >= 0.6 is 0 Å². The van der Waals surface area contributed by atoms with Crippen LogP contribution in [-0.4, -0.2) is 25.7 Å². The third kappa shape index (κ3) is 2.61. The van der Waals surface area contributed by atoms with Crippen molar-refractivity contribution in [1.82, 2.24) is 4.72 Å². The van der Waals surface area contributed by atoms with E-state index in [1.165, 1.54) is 6.07 Å². The van der Waals surface area contributed by atoms with Crippen molar-refractivity contribution in [3.05, 3.63) is 23.3 Å². The van der Waals surface area contributed by atoms with Gasteiger partial charge < -0.3 is 10.8 Å². The van der Waals surface area contributed by atoms with Crippen LogP contribution in [0.15, 0.2) is 17.0 Å². The molecular formula is C13H20N2O3S. The summed E-state index contributed by atoms with van der Waals surface area (Å²) in [5.74, 6) is 0. The van der Waals surface area contributed by atoms with Crippen molar-refractivity contribution in [3.63, 3.8) is 0 Å². The van der Waals surface area contributed by atoms with E-state index in [0.717, 1.165) is 12.0 Å². The summed E-state index contributed by atoms with van der Waals surface area (Å²) in [6, 6.07) is 3.22. The second-order valence-corrected chi connectivity index (χ2v) is 7.01. The molecular weight excluding hydrogens is 264 g/mol. The maximum atomic E-state index is 12.4. The minimum Gasteiger partial charge on any atom is -0.399 e. The molecule has 1 aliphatic carbocycles. The average Bonchev–Trinajstić information content (AvgIpc) is 2.28. The summed E-state index contributed by atoms with van der Waals surface area (Å²) >= 11 is 0. The molecule has 0 spiro atoms. The van der Waals surface area contributed by atoms with Crippen LogP contribution in [-0.2, 0) is 10.0 Å². The topological polar surface area (TPSA) is 92.4 Å². The van der Waals surface area contributed by atoms with E-state index in [2.05, 4.69) is 4.72 Å². The van der Waals surface area contributed by atoms with E-state index < -0.39 is 15.6 Å². The van der Waals surface area contributed by atoms with E-state index in [1.807, 2.05) is 6.92 Å². The molecule has 4 N–H and O–H groups in total. The molecule has 19 heavy (non-hydrogen) atoms. The predicted molar refractivity (Wildman–Crippen MR) is 74.3 cm³/mol. The fourth-order valence-corrected chi connectivity index (χ4v) is 4.17. The summed E-state index contributed by atoms with van der Waals surface area (Å²) in [5.41, 5.74) is 6.99. The number of benzene rings is 1. The van der Waals surface area contributed by atoms with Crippen LogP contribution in [0, 0.1) is 13.8 Å². The smallest absolute Gasteiger partial charge is 0.241 e. The average molecular weight is 284 g/mol. The molecule has 1 aromatic rings. The first kappa shape index (κ1) is 14.3. The zero-order chi connectivity index (χ0) is 14.3. The molecule has 5 nitrogen and oxygen atoms in total. The van der Waals surface area contributed by atoms with E-state index in [-0.39, 0.29) is 11.5 Å². The second-order valence-electron chi connectivity index (χ2n) is 5.36. The maximum Gasteiger partial charge on any atom is 0.241 e. The van der Waals surface area contributed by atoms with E-state index in [0.29, 0.717) is 24.1 Å². The van der Waals surface area contributed by atoms with Crippen molar-refractivity contribution < 1.29 is 13.5 Å². The Hall–Kier alpha value is -1.11. The number of anilines is 1. The normalized spacial score (nSPS) is 18.1. The summed E-state index contributed by atoms with van der Waals surface area (Å²) in [5, 5.41) is 9.37. The van der Waals surface area contributed by atoms with Gasteiger partial charge >= 0.3 is 0 Å². The Morgan fingerprint density at radius 3 is 2.47 bits per heavy atom. The van der Waals surface area contributed by atoms with Crippen molar-refractivity contribution in [2.75, 3.05) is 12.3 Å². The van der Waals surface area contributed by atoms with Gasteiger partial charge in [0.25, 0.3) is 0 Å². The lowest BCUT2D eigenvalue weighted by molar-refractivity contribution is 0.110. The Bertz CT molecular complexity index is 587. The maximum absolute atomic E-state index is 12.4. The highest BCUT2D eigenvalue weighted by Crippen LogP contribution is 2.33. The molecule has 106 valence electrons. The zero-order valence-corrected chi connectivity index (χ0v) is 12.0. The molecule has 0 heterocycles. The molecule has 1 fully saturated rings. The molecule has 0 radical (unpaired) electrons. The van der Waals surface area contributed by atoms with Gasteiger partial charge in [-0.1, -0.05) is 0 Å². The molecule has 0 saturated heterocycles. The Balaban J connectivity index is 2.40. The fourth-order valence-electron chi connectivity index (χ4n) is 2.37. The standard InChI is InChI=1S/C13H20N2O3S/c1-9-6-11(14)7-12(10(9)2)19(17,18)15-13(8-16)4-3-5-13/h6-7,15-16H,3-5,8,14H2,1-2H3.